The van der Waals surface area contributed by atoms with Crippen molar-refractivity contribution in [2.24, 2.45) is 0 Å². The second-order valence-electron chi connectivity index (χ2n) is 2.39. The summed E-state index contributed by atoms with van der Waals surface area (Å²) in [6, 6.07) is 0. The average molecular weight is 243 g/mol. The molecule has 0 N–H and O–H groups in total. The van der Waals surface area contributed by atoms with E-state index in [1.165, 1.54) is 6.08 Å². The second-order valence-corrected chi connectivity index (χ2v) is 2.39. The first-order valence-electron chi connectivity index (χ1n) is 3.60. The molecule has 0 aromatic rings. The van der Waals surface area contributed by atoms with Gasteiger partial charge in [-0.3, -0.25) is 0 Å². The summed E-state index contributed by atoms with van der Waals surface area (Å²) in [7, 11) is 0. The Morgan fingerprint density at radius 3 is 1.00 bits per heavy atom. The number of allylic oxidation sites excluding steroid dienone is 1. The summed E-state index contributed by atoms with van der Waals surface area (Å²) in [6.07, 6.45) is 0.667. The zero-order valence-corrected chi connectivity index (χ0v) is 11.2. The van der Waals surface area contributed by atoms with Crippen LogP contribution in [0.4, 0.5) is 0 Å². The normalized spacial score (nSPS) is 6.54. The third-order valence-electron chi connectivity index (χ3n) is 0. The summed E-state index contributed by atoms with van der Waals surface area (Å²) in [6.45, 7) is 12.9. The Balaban J connectivity index is -0.0000000231. The van der Waals surface area contributed by atoms with Gasteiger partial charge in [-0.15, -0.1) is 18.8 Å². The van der Waals surface area contributed by atoms with Crippen molar-refractivity contribution in [1.82, 2.24) is 0 Å². The summed E-state index contributed by atoms with van der Waals surface area (Å²) >= 11 is 0. The Hall–Kier alpha value is 0.664. The van der Waals surface area contributed by atoms with E-state index in [1.54, 1.807) is 27.7 Å². The molecule has 0 aromatic carbocycles. The van der Waals surface area contributed by atoms with Gasteiger partial charge in [-0.25, -0.2) is 0 Å². The molecular formula is C9H19ClO2Ti. The van der Waals surface area contributed by atoms with E-state index in [-0.39, 0.29) is 34.1 Å². The Morgan fingerprint density at radius 1 is 1.00 bits per heavy atom. The molecule has 0 amide bonds. The maximum absolute atomic E-state index is 9.53. The van der Waals surface area contributed by atoms with Gasteiger partial charge < -0.3 is 22.6 Å². The number of rotatable bonds is 0. The van der Waals surface area contributed by atoms with E-state index < -0.39 is 12.2 Å². The zero-order chi connectivity index (χ0) is 9.86. The molecule has 78 valence electrons. The van der Waals surface area contributed by atoms with Gasteiger partial charge in [0.15, 0.2) is 0 Å². The van der Waals surface area contributed by atoms with Gasteiger partial charge in [0.05, 0.1) is 0 Å². The molecule has 0 saturated heterocycles. The van der Waals surface area contributed by atoms with Gasteiger partial charge in [0.2, 0.25) is 0 Å². The molecule has 4 heteroatoms. The van der Waals surface area contributed by atoms with E-state index >= 15 is 0 Å². The number of halogens is 1. The molecule has 0 aromatic heterocycles. The summed E-state index contributed by atoms with van der Waals surface area (Å²) in [5.74, 6) is 0. The SMILES string of the molecule is CC(C)[O-].CC(C)[O-].[CH2]C=C.[Cl-].[Ti+3]. The van der Waals surface area contributed by atoms with Crippen LogP contribution in [0.2, 0.25) is 0 Å². The summed E-state index contributed by atoms with van der Waals surface area (Å²) < 4.78 is 0. The maximum atomic E-state index is 9.53. The minimum absolute atomic E-state index is 0. The van der Waals surface area contributed by atoms with Gasteiger partial charge in [-0.2, -0.15) is 0 Å². The summed E-state index contributed by atoms with van der Waals surface area (Å²) in [5, 5.41) is 19.1. The molecule has 0 atom stereocenters. The first-order valence-corrected chi connectivity index (χ1v) is 3.60. The van der Waals surface area contributed by atoms with Crippen LogP contribution in [-0.4, -0.2) is 12.2 Å². The van der Waals surface area contributed by atoms with Crippen LogP contribution < -0.4 is 22.6 Å². The minimum Gasteiger partial charge on any atom is -1.00 e. The molecule has 0 rings (SSSR count). The van der Waals surface area contributed by atoms with Crippen LogP contribution in [0.25, 0.3) is 0 Å². The smallest absolute Gasteiger partial charge is 1.00 e. The predicted molar refractivity (Wildman–Crippen MR) is 45.8 cm³/mol. The van der Waals surface area contributed by atoms with Gasteiger partial charge in [-0.1, -0.05) is 33.8 Å². The predicted octanol–water partition coefficient (Wildman–Crippen LogP) is -2.48. The Labute approximate surface area is 104 Å². The fraction of sp³-hybridized carbons (Fsp3) is 0.667. The molecular weight excluding hydrogens is 223 g/mol. The molecule has 0 heterocycles. The molecule has 0 saturated carbocycles. The maximum Gasteiger partial charge on any atom is 3.00 e. The zero-order valence-electron chi connectivity index (χ0n) is 8.84. The van der Waals surface area contributed by atoms with Gasteiger partial charge in [0.1, 0.15) is 0 Å². The largest absolute Gasteiger partial charge is 3.00 e. The van der Waals surface area contributed by atoms with Crippen molar-refractivity contribution < 1.29 is 44.3 Å². The van der Waals surface area contributed by atoms with Crippen LogP contribution in [0.15, 0.2) is 12.7 Å². The first kappa shape index (κ1) is 29.2. The van der Waals surface area contributed by atoms with Crippen molar-refractivity contribution in [1.29, 1.82) is 0 Å². The standard InChI is InChI=1S/2C3H7O.C3H5.ClH.Ti/c2*1-3(2)4;1-3-2;;/h2*3H,1-2H3;3H,1-2H2;1H;/q2*-1;;;+3/p-1. The summed E-state index contributed by atoms with van der Waals surface area (Å²) in [4.78, 5) is 0. The molecule has 0 aliphatic heterocycles. The quantitative estimate of drug-likeness (QED) is 0.442. The van der Waals surface area contributed by atoms with Crippen molar-refractivity contribution in [3.05, 3.63) is 19.6 Å². The van der Waals surface area contributed by atoms with Crippen molar-refractivity contribution in [2.75, 3.05) is 0 Å². The van der Waals surface area contributed by atoms with E-state index in [0.29, 0.717) is 0 Å². The van der Waals surface area contributed by atoms with Crippen molar-refractivity contribution in [2.45, 2.75) is 39.9 Å². The number of hydrogen-bond donors (Lipinski definition) is 0. The minimum atomic E-state index is -0.417. The van der Waals surface area contributed by atoms with Gasteiger partial charge >= 0.3 is 21.7 Å². The first-order chi connectivity index (χ1) is 4.88. The van der Waals surface area contributed by atoms with Crippen LogP contribution in [0, 0.1) is 6.92 Å². The van der Waals surface area contributed by atoms with Gasteiger partial charge in [-0.05, 0) is 6.92 Å². The van der Waals surface area contributed by atoms with Crippen LogP contribution in [0.1, 0.15) is 27.7 Å². The molecule has 2 radical (unpaired) electrons. The van der Waals surface area contributed by atoms with E-state index in [4.69, 9.17) is 0 Å². The van der Waals surface area contributed by atoms with Crippen LogP contribution in [0.3, 0.4) is 0 Å². The summed E-state index contributed by atoms with van der Waals surface area (Å²) in [5.41, 5.74) is 0. The number of hydrogen-bond acceptors (Lipinski definition) is 2. The Morgan fingerprint density at radius 2 is 1.00 bits per heavy atom. The third kappa shape index (κ3) is 3260. The molecule has 0 aliphatic rings. The van der Waals surface area contributed by atoms with E-state index in [0.717, 1.165) is 0 Å². The van der Waals surface area contributed by atoms with Gasteiger partial charge in [0.25, 0.3) is 0 Å². The van der Waals surface area contributed by atoms with Crippen LogP contribution in [-0.2, 0) is 21.7 Å². The molecule has 13 heavy (non-hydrogen) atoms. The van der Waals surface area contributed by atoms with E-state index in [9.17, 15) is 10.2 Å². The van der Waals surface area contributed by atoms with E-state index in [2.05, 4.69) is 13.5 Å². The van der Waals surface area contributed by atoms with Crippen LogP contribution in [0.5, 0.6) is 0 Å². The molecule has 2 nitrogen and oxygen atoms in total. The topological polar surface area (TPSA) is 46.1 Å². The Bertz CT molecular complexity index is 57.1. The molecule has 0 bridgehead atoms. The van der Waals surface area contributed by atoms with Gasteiger partial charge in [0, 0.05) is 0 Å². The monoisotopic (exact) mass is 242 g/mol. The molecule has 0 unspecified atom stereocenters. The second kappa shape index (κ2) is 29.3. The third-order valence-corrected chi connectivity index (χ3v) is 0. The molecule has 0 spiro atoms. The van der Waals surface area contributed by atoms with Crippen molar-refractivity contribution in [3.63, 3.8) is 0 Å². The van der Waals surface area contributed by atoms with Crippen molar-refractivity contribution in [3.8, 4) is 0 Å². The van der Waals surface area contributed by atoms with Crippen LogP contribution >= 0.6 is 0 Å². The van der Waals surface area contributed by atoms with E-state index in [1.807, 2.05) is 0 Å². The average Bonchev–Trinajstić information content (AvgIpc) is 1.60. The Kier molecular flexibility index (Phi) is 65.9. The fourth-order valence-corrected chi connectivity index (χ4v) is 0. The molecule has 0 aliphatic carbocycles. The fourth-order valence-electron chi connectivity index (χ4n) is 0. The van der Waals surface area contributed by atoms with Crippen molar-refractivity contribution >= 4 is 0 Å². The molecule has 0 fully saturated rings.